The molecule has 0 spiro atoms. The van der Waals surface area contributed by atoms with Crippen molar-refractivity contribution in [2.75, 3.05) is 24.4 Å². The van der Waals surface area contributed by atoms with Gasteiger partial charge in [0.15, 0.2) is 11.6 Å². The predicted octanol–water partition coefficient (Wildman–Crippen LogP) is 3.24. The van der Waals surface area contributed by atoms with E-state index in [0.29, 0.717) is 16.9 Å². The largest absolute Gasteiger partial charge is 0.494 e. The summed E-state index contributed by atoms with van der Waals surface area (Å²) in [5.41, 5.74) is 1.46. The number of amides is 2. The fourth-order valence-corrected chi connectivity index (χ4v) is 2.04. The maximum Gasteiger partial charge on any atom is 0.255 e. The van der Waals surface area contributed by atoms with Crippen molar-refractivity contribution in [3.8, 4) is 5.75 Å². The molecule has 0 aliphatic carbocycles. The summed E-state index contributed by atoms with van der Waals surface area (Å²) in [5.74, 6) is -1.05. The van der Waals surface area contributed by atoms with Crippen LogP contribution in [0.2, 0.25) is 0 Å². The first-order chi connectivity index (χ1) is 11.5. The van der Waals surface area contributed by atoms with Crippen LogP contribution in [0.15, 0.2) is 55.1 Å². The van der Waals surface area contributed by atoms with Gasteiger partial charge in [-0.25, -0.2) is 4.39 Å². The predicted molar refractivity (Wildman–Crippen MR) is 91.0 cm³/mol. The summed E-state index contributed by atoms with van der Waals surface area (Å²) < 4.78 is 18.2. The molecule has 0 unspecified atom stereocenters. The molecule has 1 N–H and O–H groups in total. The van der Waals surface area contributed by atoms with Gasteiger partial charge in [-0.2, -0.15) is 0 Å². The molecule has 0 aromatic heterocycles. The number of benzene rings is 2. The zero-order valence-corrected chi connectivity index (χ0v) is 13.4. The van der Waals surface area contributed by atoms with Crippen molar-refractivity contribution in [1.29, 1.82) is 0 Å². The lowest BCUT2D eigenvalue weighted by Gasteiger charge is -2.15. The van der Waals surface area contributed by atoms with Crippen molar-refractivity contribution in [3.05, 3.63) is 66.5 Å². The van der Waals surface area contributed by atoms with Gasteiger partial charge in [0.05, 0.1) is 7.11 Å². The quantitative estimate of drug-likeness (QED) is 0.857. The highest BCUT2D eigenvalue weighted by molar-refractivity contribution is 6.05. The molecule has 0 bridgehead atoms. The molecular weight excluding hydrogens is 311 g/mol. The highest BCUT2D eigenvalue weighted by Crippen LogP contribution is 2.22. The molecule has 0 heterocycles. The third kappa shape index (κ3) is 3.78. The van der Waals surface area contributed by atoms with Crippen molar-refractivity contribution < 1.29 is 18.7 Å². The Bertz CT molecular complexity index is 772. The fraction of sp³-hybridized carbons (Fsp3) is 0.111. The third-order valence-electron chi connectivity index (χ3n) is 3.43. The Labute approximate surface area is 139 Å². The molecule has 0 aliphatic heterocycles. The van der Waals surface area contributed by atoms with Gasteiger partial charge in [0.2, 0.25) is 5.91 Å². The van der Waals surface area contributed by atoms with Crippen LogP contribution in [-0.2, 0) is 4.79 Å². The average Bonchev–Trinajstić information content (AvgIpc) is 2.62. The number of hydrogen-bond acceptors (Lipinski definition) is 3. The van der Waals surface area contributed by atoms with E-state index in [1.54, 1.807) is 31.3 Å². The molecule has 2 amide bonds. The Morgan fingerprint density at radius 3 is 2.46 bits per heavy atom. The maximum atomic E-state index is 13.4. The van der Waals surface area contributed by atoms with Crippen LogP contribution in [0.25, 0.3) is 0 Å². The van der Waals surface area contributed by atoms with Gasteiger partial charge in [-0.05, 0) is 42.5 Å². The first-order valence-corrected chi connectivity index (χ1v) is 7.11. The molecule has 0 aliphatic rings. The van der Waals surface area contributed by atoms with Gasteiger partial charge in [-0.15, -0.1) is 0 Å². The molecule has 0 saturated carbocycles. The average molecular weight is 328 g/mol. The van der Waals surface area contributed by atoms with Crippen LogP contribution in [0.4, 0.5) is 15.8 Å². The van der Waals surface area contributed by atoms with Crippen LogP contribution in [-0.4, -0.2) is 26.0 Å². The van der Waals surface area contributed by atoms with E-state index in [0.717, 1.165) is 0 Å². The molecule has 0 fully saturated rings. The zero-order chi connectivity index (χ0) is 17.7. The highest BCUT2D eigenvalue weighted by Gasteiger charge is 2.11. The van der Waals surface area contributed by atoms with Crippen LogP contribution < -0.4 is 15.0 Å². The Morgan fingerprint density at radius 1 is 1.21 bits per heavy atom. The summed E-state index contributed by atoms with van der Waals surface area (Å²) in [7, 11) is 2.97. The van der Waals surface area contributed by atoms with Crippen LogP contribution in [0.3, 0.4) is 0 Å². The molecule has 2 rings (SSSR count). The van der Waals surface area contributed by atoms with Gasteiger partial charge < -0.3 is 15.0 Å². The van der Waals surface area contributed by atoms with Gasteiger partial charge in [0.1, 0.15) is 0 Å². The summed E-state index contributed by atoms with van der Waals surface area (Å²) in [5, 5.41) is 2.66. The number of nitrogens with zero attached hydrogens (tertiary/aromatic N) is 1. The second kappa shape index (κ2) is 7.41. The number of halogens is 1. The minimum Gasteiger partial charge on any atom is -0.494 e. The zero-order valence-electron chi connectivity index (χ0n) is 13.4. The minimum atomic E-state index is -0.505. The van der Waals surface area contributed by atoms with Gasteiger partial charge in [-0.3, -0.25) is 9.59 Å². The van der Waals surface area contributed by atoms with E-state index >= 15 is 0 Å². The number of ether oxygens (including phenoxy) is 1. The maximum absolute atomic E-state index is 13.4. The lowest BCUT2D eigenvalue weighted by Crippen LogP contribution is -2.23. The first kappa shape index (κ1) is 17.2. The van der Waals surface area contributed by atoms with E-state index in [2.05, 4.69) is 11.9 Å². The first-order valence-electron chi connectivity index (χ1n) is 7.11. The molecule has 0 saturated heterocycles. The summed E-state index contributed by atoms with van der Waals surface area (Å²) in [6.45, 7) is 3.43. The molecule has 124 valence electrons. The van der Waals surface area contributed by atoms with E-state index in [1.165, 1.54) is 36.3 Å². The summed E-state index contributed by atoms with van der Waals surface area (Å²) in [4.78, 5) is 25.2. The molecule has 24 heavy (non-hydrogen) atoms. The minimum absolute atomic E-state index is 0.0488. The summed E-state index contributed by atoms with van der Waals surface area (Å²) >= 11 is 0. The number of nitrogens with one attached hydrogen (secondary N) is 1. The monoisotopic (exact) mass is 328 g/mol. The molecule has 2 aromatic rings. The van der Waals surface area contributed by atoms with Crippen LogP contribution in [0, 0.1) is 5.82 Å². The molecule has 5 nitrogen and oxygen atoms in total. The molecule has 2 aromatic carbocycles. The number of methoxy groups -OCH3 is 1. The summed E-state index contributed by atoms with van der Waals surface area (Å²) in [6.07, 6.45) is 1.21. The Kier molecular flexibility index (Phi) is 5.31. The van der Waals surface area contributed by atoms with E-state index in [4.69, 9.17) is 4.74 Å². The SMILES string of the molecule is C=CC(=O)N(C)c1ccc(C(=O)Nc2ccc(F)c(OC)c2)cc1. The van der Waals surface area contributed by atoms with Crippen LogP contribution in [0.5, 0.6) is 5.75 Å². The fourth-order valence-electron chi connectivity index (χ4n) is 2.04. The normalized spacial score (nSPS) is 9.96. The van der Waals surface area contributed by atoms with Crippen molar-refractivity contribution in [2.45, 2.75) is 0 Å². The summed E-state index contributed by atoms with van der Waals surface area (Å²) in [6, 6.07) is 10.6. The van der Waals surface area contributed by atoms with E-state index in [1.807, 2.05) is 0 Å². The number of carbonyl (C=O) groups is 2. The van der Waals surface area contributed by atoms with Crippen molar-refractivity contribution in [3.63, 3.8) is 0 Å². The number of anilines is 2. The Balaban J connectivity index is 2.13. The number of likely N-dealkylation sites (N-methyl/N-ethyl adjacent to an activating group) is 1. The van der Waals surface area contributed by atoms with Gasteiger partial charge in [0.25, 0.3) is 5.91 Å². The number of rotatable bonds is 5. The lowest BCUT2D eigenvalue weighted by atomic mass is 10.1. The molecular formula is C18H17FN2O3. The van der Waals surface area contributed by atoms with Crippen molar-refractivity contribution in [2.24, 2.45) is 0 Å². The van der Waals surface area contributed by atoms with E-state index in [9.17, 15) is 14.0 Å². The number of carbonyl (C=O) groups excluding carboxylic acids is 2. The van der Waals surface area contributed by atoms with Gasteiger partial charge in [-0.1, -0.05) is 6.58 Å². The second-order valence-electron chi connectivity index (χ2n) is 4.95. The van der Waals surface area contributed by atoms with Gasteiger partial charge in [0, 0.05) is 30.1 Å². The lowest BCUT2D eigenvalue weighted by molar-refractivity contribution is -0.113. The second-order valence-corrected chi connectivity index (χ2v) is 4.95. The smallest absolute Gasteiger partial charge is 0.255 e. The third-order valence-corrected chi connectivity index (χ3v) is 3.43. The molecule has 0 radical (unpaired) electrons. The van der Waals surface area contributed by atoms with E-state index < -0.39 is 5.82 Å². The topological polar surface area (TPSA) is 58.6 Å². The van der Waals surface area contributed by atoms with Gasteiger partial charge >= 0.3 is 0 Å². The highest BCUT2D eigenvalue weighted by atomic mass is 19.1. The molecule has 6 heteroatoms. The van der Waals surface area contributed by atoms with E-state index in [-0.39, 0.29) is 17.6 Å². The Hall–Kier alpha value is -3.15. The molecule has 0 atom stereocenters. The standard InChI is InChI=1S/C18H17FN2O3/c1-4-17(22)21(2)14-8-5-12(6-9-14)18(23)20-13-7-10-15(19)16(11-13)24-3/h4-11H,1H2,2-3H3,(H,20,23). The van der Waals surface area contributed by atoms with Crippen LogP contribution in [0.1, 0.15) is 10.4 Å². The van der Waals surface area contributed by atoms with Crippen molar-refractivity contribution in [1.82, 2.24) is 0 Å². The number of hydrogen-bond donors (Lipinski definition) is 1. The van der Waals surface area contributed by atoms with Crippen LogP contribution >= 0.6 is 0 Å². The van der Waals surface area contributed by atoms with Crippen molar-refractivity contribution >= 4 is 23.2 Å². The Morgan fingerprint density at radius 2 is 1.88 bits per heavy atom.